The molecular weight excluding hydrogens is 382 g/mol. The smallest absolute Gasteiger partial charge is 0.409 e. The van der Waals surface area contributed by atoms with E-state index in [1.807, 2.05) is 19.1 Å². The van der Waals surface area contributed by atoms with Gasteiger partial charge in [-0.1, -0.05) is 18.3 Å². The summed E-state index contributed by atoms with van der Waals surface area (Å²) in [5.74, 6) is 1.52. The van der Waals surface area contributed by atoms with E-state index in [9.17, 15) is 9.90 Å². The summed E-state index contributed by atoms with van der Waals surface area (Å²) in [4.78, 5) is 21.7. The zero-order valence-electron chi connectivity index (χ0n) is 15.9. The van der Waals surface area contributed by atoms with Crippen molar-refractivity contribution >= 4 is 22.4 Å². The van der Waals surface area contributed by atoms with E-state index in [-0.39, 0.29) is 18.0 Å². The third-order valence-electron chi connectivity index (χ3n) is 4.83. The number of aryl methyl sites for hydroxylation is 1. The first kappa shape index (κ1) is 18.8. The standard InChI is InChI=1S/C18H23N5O4S/c1-3-13-19-17-23(20-13)16(24)15(28-17)14(12-6-5-11-27-12)21-7-9-22(10-8-21)18(25)26-4-2/h5-6,11,14,24H,3-4,7-10H2,1-2H3/t14-/m1/s1. The van der Waals surface area contributed by atoms with E-state index >= 15 is 0 Å². The minimum absolute atomic E-state index is 0.0847. The number of nitrogens with zero attached hydrogens (tertiary/aromatic N) is 5. The van der Waals surface area contributed by atoms with Gasteiger partial charge in [-0.3, -0.25) is 4.90 Å². The van der Waals surface area contributed by atoms with E-state index in [1.54, 1.807) is 18.1 Å². The number of hydrogen-bond acceptors (Lipinski definition) is 8. The Kier molecular flexibility index (Phi) is 5.23. The van der Waals surface area contributed by atoms with Gasteiger partial charge in [0.25, 0.3) is 0 Å². The van der Waals surface area contributed by atoms with Crippen LogP contribution in [0.25, 0.3) is 4.96 Å². The first-order chi connectivity index (χ1) is 13.6. The summed E-state index contributed by atoms with van der Waals surface area (Å²) in [6, 6.07) is 3.47. The van der Waals surface area contributed by atoms with Crippen molar-refractivity contribution < 1.29 is 19.1 Å². The van der Waals surface area contributed by atoms with Crippen LogP contribution in [0.5, 0.6) is 5.88 Å². The second-order valence-corrected chi connectivity index (χ2v) is 7.51. The Labute approximate surface area is 166 Å². The predicted molar refractivity (Wildman–Crippen MR) is 103 cm³/mol. The summed E-state index contributed by atoms with van der Waals surface area (Å²) in [7, 11) is 0. The van der Waals surface area contributed by atoms with Crippen molar-refractivity contribution in [3.63, 3.8) is 0 Å². The van der Waals surface area contributed by atoms with Crippen LogP contribution in [0.1, 0.15) is 36.4 Å². The molecule has 1 atom stereocenters. The minimum Gasteiger partial charge on any atom is -0.492 e. The number of aromatic hydroxyl groups is 1. The first-order valence-electron chi connectivity index (χ1n) is 9.38. The van der Waals surface area contributed by atoms with Crippen molar-refractivity contribution in [3.8, 4) is 5.88 Å². The number of furan rings is 1. The molecule has 0 radical (unpaired) electrons. The van der Waals surface area contributed by atoms with Crippen LogP contribution in [-0.2, 0) is 11.2 Å². The molecule has 1 N–H and O–H groups in total. The molecular formula is C18H23N5O4S. The summed E-state index contributed by atoms with van der Waals surface area (Å²) in [5.41, 5.74) is 0. The highest BCUT2D eigenvalue weighted by Gasteiger charge is 2.34. The number of piperazine rings is 1. The van der Waals surface area contributed by atoms with Gasteiger partial charge in [-0.2, -0.15) is 4.52 Å². The van der Waals surface area contributed by atoms with Gasteiger partial charge in [-0.15, -0.1) is 5.10 Å². The lowest BCUT2D eigenvalue weighted by Crippen LogP contribution is -2.49. The zero-order chi connectivity index (χ0) is 19.7. The van der Waals surface area contributed by atoms with Crippen LogP contribution in [0.3, 0.4) is 0 Å². The lowest BCUT2D eigenvalue weighted by atomic mass is 10.1. The number of thiazole rings is 1. The van der Waals surface area contributed by atoms with Crippen molar-refractivity contribution in [2.24, 2.45) is 0 Å². The maximum atomic E-state index is 12.0. The number of carbonyl (C=O) groups is 1. The molecule has 150 valence electrons. The first-order valence-corrected chi connectivity index (χ1v) is 10.2. The monoisotopic (exact) mass is 405 g/mol. The molecule has 0 spiro atoms. The number of aromatic nitrogens is 3. The van der Waals surface area contributed by atoms with Gasteiger partial charge < -0.3 is 19.2 Å². The molecule has 0 unspecified atom stereocenters. The van der Waals surface area contributed by atoms with Gasteiger partial charge in [0.1, 0.15) is 11.8 Å². The maximum absolute atomic E-state index is 12.0. The maximum Gasteiger partial charge on any atom is 0.409 e. The van der Waals surface area contributed by atoms with Gasteiger partial charge in [0.05, 0.1) is 17.7 Å². The summed E-state index contributed by atoms with van der Waals surface area (Å²) in [6.07, 6.45) is 2.05. The van der Waals surface area contributed by atoms with Gasteiger partial charge in [0.2, 0.25) is 10.8 Å². The molecule has 4 rings (SSSR count). The largest absolute Gasteiger partial charge is 0.492 e. The van der Waals surface area contributed by atoms with Crippen LogP contribution < -0.4 is 0 Å². The fourth-order valence-electron chi connectivity index (χ4n) is 3.42. The summed E-state index contributed by atoms with van der Waals surface area (Å²) < 4.78 is 12.3. The molecule has 10 heteroatoms. The van der Waals surface area contributed by atoms with Gasteiger partial charge in [0, 0.05) is 32.6 Å². The summed E-state index contributed by atoms with van der Waals surface area (Å²) in [5, 5.41) is 15.2. The quantitative estimate of drug-likeness (QED) is 0.697. The molecule has 1 saturated heterocycles. The summed E-state index contributed by atoms with van der Waals surface area (Å²) in [6.45, 7) is 6.52. The second-order valence-electron chi connectivity index (χ2n) is 6.51. The van der Waals surface area contributed by atoms with Crippen LogP contribution >= 0.6 is 11.3 Å². The molecule has 28 heavy (non-hydrogen) atoms. The minimum atomic E-state index is -0.287. The summed E-state index contributed by atoms with van der Waals surface area (Å²) >= 11 is 1.41. The molecule has 1 fully saturated rings. The number of ether oxygens (including phenoxy) is 1. The normalized spacial score (nSPS) is 16.6. The molecule has 4 heterocycles. The lowest BCUT2D eigenvalue weighted by Gasteiger charge is -2.37. The van der Waals surface area contributed by atoms with Crippen LogP contribution in [0.4, 0.5) is 4.79 Å². The zero-order valence-corrected chi connectivity index (χ0v) is 16.7. The topological polar surface area (TPSA) is 96.3 Å². The number of fused-ring (bicyclic) bond motifs is 1. The van der Waals surface area contributed by atoms with Gasteiger partial charge in [0.15, 0.2) is 5.82 Å². The lowest BCUT2D eigenvalue weighted by molar-refractivity contribution is 0.0686. The SMILES string of the molecule is CCOC(=O)N1CCN([C@H](c2ccco2)c2sc3nc(CC)nn3c2O)CC1. The molecule has 1 amide bonds. The second kappa shape index (κ2) is 7.80. The predicted octanol–water partition coefficient (Wildman–Crippen LogP) is 2.52. The Morgan fingerprint density at radius 3 is 2.75 bits per heavy atom. The van der Waals surface area contributed by atoms with E-state index in [2.05, 4.69) is 15.0 Å². The number of amides is 1. The molecule has 0 aromatic carbocycles. The molecule has 0 aliphatic carbocycles. The van der Waals surface area contributed by atoms with E-state index < -0.39 is 0 Å². The third kappa shape index (κ3) is 3.33. The molecule has 1 aliphatic rings. The van der Waals surface area contributed by atoms with Crippen LogP contribution in [0, 0.1) is 0 Å². The van der Waals surface area contributed by atoms with Crippen molar-refractivity contribution in [1.29, 1.82) is 0 Å². The highest BCUT2D eigenvalue weighted by molar-refractivity contribution is 7.17. The van der Waals surface area contributed by atoms with E-state index in [1.165, 1.54) is 15.9 Å². The molecule has 3 aromatic rings. The highest BCUT2D eigenvalue weighted by atomic mass is 32.1. The number of rotatable bonds is 5. The van der Waals surface area contributed by atoms with Crippen molar-refractivity contribution in [2.75, 3.05) is 32.8 Å². The third-order valence-corrected chi connectivity index (χ3v) is 5.90. The average Bonchev–Trinajstić information content (AvgIpc) is 3.42. The van der Waals surface area contributed by atoms with Crippen LogP contribution in [0.15, 0.2) is 22.8 Å². The van der Waals surface area contributed by atoms with Gasteiger partial charge in [-0.05, 0) is 19.1 Å². The van der Waals surface area contributed by atoms with Crippen molar-refractivity contribution in [3.05, 3.63) is 34.9 Å². The van der Waals surface area contributed by atoms with Gasteiger partial charge >= 0.3 is 6.09 Å². The fraction of sp³-hybridized carbons (Fsp3) is 0.500. The average molecular weight is 405 g/mol. The number of hydrogen-bond donors (Lipinski definition) is 1. The Hall–Kier alpha value is -2.59. The Morgan fingerprint density at radius 2 is 2.14 bits per heavy atom. The molecule has 0 saturated carbocycles. The van der Waals surface area contributed by atoms with Crippen molar-refractivity contribution in [1.82, 2.24) is 24.4 Å². The Balaban J connectivity index is 1.62. The van der Waals surface area contributed by atoms with Crippen LogP contribution in [0.2, 0.25) is 0 Å². The van der Waals surface area contributed by atoms with Crippen LogP contribution in [-0.4, -0.2) is 68.4 Å². The van der Waals surface area contributed by atoms with Gasteiger partial charge in [-0.25, -0.2) is 9.78 Å². The number of carbonyl (C=O) groups excluding carboxylic acids is 1. The van der Waals surface area contributed by atoms with E-state index in [4.69, 9.17) is 9.15 Å². The molecule has 9 nitrogen and oxygen atoms in total. The van der Waals surface area contributed by atoms with E-state index in [0.29, 0.717) is 50.0 Å². The molecule has 3 aromatic heterocycles. The highest BCUT2D eigenvalue weighted by Crippen LogP contribution is 2.40. The Bertz CT molecular complexity index is 943. The molecule has 1 aliphatic heterocycles. The van der Waals surface area contributed by atoms with E-state index in [0.717, 1.165) is 10.6 Å². The van der Waals surface area contributed by atoms with Crippen molar-refractivity contribution in [2.45, 2.75) is 26.3 Å². The Morgan fingerprint density at radius 1 is 1.36 bits per heavy atom. The molecule has 0 bridgehead atoms. The fourth-order valence-corrected chi connectivity index (χ4v) is 4.53.